The van der Waals surface area contributed by atoms with Gasteiger partial charge >= 0.3 is 6.09 Å². The number of aliphatic hydroxyl groups excluding tert-OH is 2. The monoisotopic (exact) mass is 409 g/mol. The van der Waals surface area contributed by atoms with Gasteiger partial charge in [0.05, 0.1) is 12.3 Å². The molecule has 0 unspecified atom stereocenters. The summed E-state index contributed by atoms with van der Waals surface area (Å²) >= 11 is 0. The molecule has 0 aliphatic carbocycles. The lowest BCUT2D eigenvalue weighted by Crippen LogP contribution is -2.22. The average molecular weight is 409 g/mol. The van der Waals surface area contributed by atoms with Crippen molar-refractivity contribution in [1.82, 2.24) is 0 Å². The van der Waals surface area contributed by atoms with E-state index in [1.54, 1.807) is 12.1 Å². The molecule has 3 N–H and O–H groups in total. The minimum Gasteiger partial charge on any atom is -0.491 e. The Morgan fingerprint density at radius 3 is 2.57 bits per heavy atom. The van der Waals surface area contributed by atoms with Gasteiger partial charge in [-0.25, -0.2) is 4.79 Å². The Labute approximate surface area is 176 Å². The molecular weight excluding hydrogens is 382 g/mol. The first-order chi connectivity index (χ1) is 14.6. The molecule has 3 rings (SSSR count). The summed E-state index contributed by atoms with van der Waals surface area (Å²) in [5.41, 5.74) is 1.44. The lowest BCUT2D eigenvalue weighted by molar-refractivity contribution is 0.0665. The number of hydrogen-bond acceptors (Lipinski definition) is 5. The highest BCUT2D eigenvalue weighted by atomic mass is 16.6. The molecule has 0 spiro atoms. The van der Waals surface area contributed by atoms with E-state index in [1.807, 2.05) is 61.5 Å². The molecule has 0 fully saturated rings. The Balaban J connectivity index is 1.80. The second kappa shape index (κ2) is 10.6. The molecule has 1 amide bonds. The summed E-state index contributed by atoms with van der Waals surface area (Å²) in [4.78, 5) is 12.7. The third-order valence-electron chi connectivity index (χ3n) is 4.91. The van der Waals surface area contributed by atoms with Crippen LogP contribution in [0.4, 0.5) is 10.5 Å². The summed E-state index contributed by atoms with van der Waals surface area (Å²) in [5.74, 6) is 0.474. The van der Waals surface area contributed by atoms with Crippen LogP contribution in [-0.4, -0.2) is 36.1 Å². The van der Waals surface area contributed by atoms with Crippen molar-refractivity contribution < 1.29 is 24.5 Å². The average Bonchev–Trinajstić information content (AvgIpc) is 2.76. The number of nitrogens with one attached hydrogen (secondary N) is 1. The first kappa shape index (κ1) is 21.6. The maximum absolute atomic E-state index is 12.7. The van der Waals surface area contributed by atoms with Crippen LogP contribution in [0.2, 0.25) is 0 Å². The van der Waals surface area contributed by atoms with Gasteiger partial charge in [0.15, 0.2) is 0 Å². The van der Waals surface area contributed by atoms with Crippen LogP contribution in [0.3, 0.4) is 0 Å². The number of carbonyl (C=O) groups is 1. The molecule has 0 saturated heterocycles. The third-order valence-corrected chi connectivity index (χ3v) is 4.91. The molecule has 6 nitrogen and oxygen atoms in total. The Hall–Kier alpha value is -3.09. The van der Waals surface area contributed by atoms with Crippen LogP contribution in [0.15, 0.2) is 66.7 Å². The van der Waals surface area contributed by atoms with Crippen molar-refractivity contribution in [3.8, 4) is 5.75 Å². The molecule has 6 heteroatoms. The zero-order valence-corrected chi connectivity index (χ0v) is 17.0. The van der Waals surface area contributed by atoms with Crippen LogP contribution in [-0.2, 0) is 4.74 Å². The number of rotatable bonds is 9. The molecule has 0 aromatic heterocycles. The highest BCUT2D eigenvalue weighted by molar-refractivity contribution is 6.00. The fourth-order valence-corrected chi connectivity index (χ4v) is 3.40. The summed E-state index contributed by atoms with van der Waals surface area (Å²) in [7, 11) is 0. The summed E-state index contributed by atoms with van der Waals surface area (Å²) in [6.07, 6.45) is -0.652. The van der Waals surface area contributed by atoms with Crippen molar-refractivity contribution in [3.05, 3.63) is 72.3 Å². The van der Waals surface area contributed by atoms with Gasteiger partial charge in [-0.1, -0.05) is 55.5 Å². The SMILES string of the molecule is C[C@@H](CCO)[C@@H](OC(=O)Nc1cccc2ccccc12)c1cccc(OCCO)c1. The van der Waals surface area contributed by atoms with Gasteiger partial charge in [0, 0.05) is 12.0 Å². The van der Waals surface area contributed by atoms with Crippen molar-refractivity contribution in [3.63, 3.8) is 0 Å². The maximum atomic E-state index is 12.7. The summed E-state index contributed by atoms with van der Waals surface area (Å²) < 4.78 is 11.3. The summed E-state index contributed by atoms with van der Waals surface area (Å²) in [6, 6.07) is 20.7. The van der Waals surface area contributed by atoms with Crippen molar-refractivity contribution in [2.45, 2.75) is 19.4 Å². The summed E-state index contributed by atoms with van der Waals surface area (Å²) in [5, 5.41) is 23.1. The molecule has 0 bridgehead atoms. The van der Waals surface area contributed by atoms with E-state index in [4.69, 9.17) is 14.6 Å². The molecule has 2 atom stereocenters. The van der Waals surface area contributed by atoms with E-state index >= 15 is 0 Å². The maximum Gasteiger partial charge on any atom is 0.412 e. The summed E-state index contributed by atoms with van der Waals surface area (Å²) in [6.45, 7) is 2.02. The second-order valence-corrected chi connectivity index (χ2v) is 7.11. The van der Waals surface area contributed by atoms with E-state index in [0.717, 1.165) is 16.3 Å². The molecule has 3 aromatic carbocycles. The van der Waals surface area contributed by atoms with Gasteiger partial charge in [0.1, 0.15) is 18.5 Å². The van der Waals surface area contributed by atoms with E-state index in [2.05, 4.69) is 5.32 Å². The predicted octanol–water partition coefficient (Wildman–Crippen LogP) is 4.52. The van der Waals surface area contributed by atoms with Crippen LogP contribution in [0.5, 0.6) is 5.75 Å². The first-order valence-corrected chi connectivity index (χ1v) is 10.0. The molecule has 30 heavy (non-hydrogen) atoms. The standard InChI is InChI=1S/C24H27NO5/c1-17(12-13-26)23(19-8-4-9-20(16-19)29-15-14-27)30-24(28)25-22-11-5-7-18-6-2-3-10-21(18)22/h2-11,16-17,23,26-27H,12-15H2,1H3,(H,25,28)/t17-,23+/m0/s1. The quantitative estimate of drug-likeness (QED) is 0.484. The number of carbonyl (C=O) groups excluding carboxylic acids is 1. The number of aliphatic hydroxyl groups is 2. The van der Waals surface area contributed by atoms with Crippen molar-refractivity contribution in [1.29, 1.82) is 0 Å². The number of ether oxygens (including phenoxy) is 2. The second-order valence-electron chi connectivity index (χ2n) is 7.11. The molecule has 3 aromatic rings. The molecular formula is C24H27NO5. The van der Waals surface area contributed by atoms with Gasteiger partial charge in [-0.05, 0) is 41.5 Å². The fraction of sp³-hybridized carbons (Fsp3) is 0.292. The van der Waals surface area contributed by atoms with E-state index < -0.39 is 12.2 Å². The molecule has 0 heterocycles. The topological polar surface area (TPSA) is 88.0 Å². The zero-order valence-electron chi connectivity index (χ0n) is 17.0. The van der Waals surface area contributed by atoms with Gasteiger partial charge in [-0.15, -0.1) is 0 Å². The van der Waals surface area contributed by atoms with E-state index in [9.17, 15) is 9.90 Å². The number of fused-ring (bicyclic) bond motifs is 1. The molecule has 0 aliphatic heterocycles. The number of amides is 1. The van der Waals surface area contributed by atoms with Crippen molar-refractivity contribution in [2.75, 3.05) is 25.1 Å². The Kier molecular flexibility index (Phi) is 7.65. The van der Waals surface area contributed by atoms with Crippen molar-refractivity contribution in [2.24, 2.45) is 5.92 Å². The Morgan fingerprint density at radius 2 is 1.77 bits per heavy atom. The minimum absolute atomic E-state index is 0.00727. The minimum atomic E-state index is -0.567. The highest BCUT2D eigenvalue weighted by Crippen LogP contribution is 2.31. The van der Waals surface area contributed by atoms with Crippen LogP contribution in [0.25, 0.3) is 10.8 Å². The molecule has 0 aliphatic rings. The van der Waals surface area contributed by atoms with E-state index in [1.165, 1.54) is 0 Å². The normalized spacial score (nSPS) is 12.9. The Bertz CT molecular complexity index is 969. The number of hydrogen-bond donors (Lipinski definition) is 3. The van der Waals surface area contributed by atoms with Gasteiger partial charge < -0.3 is 19.7 Å². The van der Waals surface area contributed by atoms with Crippen LogP contribution >= 0.6 is 0 Å². The smallest absolute Gasteiger partial charge is 0.412 e. The van der Waals surface area contributed by atoms with E-state index in [-0.39, 0.29) is 25.7 Å². The van der Waals surface area contributed by atoms with Gasteiger partial charge in [-0.3, -0.25) is 5.32 Å². The number of benzene rings is 3. The largest absolute Gasteiger partial charge is 0.491 e. The molecule has 158 valence electrons. The lowest BCUT2D eigenvalue weighted by atomic mass is 9.94. The highest BCUT2D eigenvalue weighted by Gasteiger charge is 2.24. The predicted molar refractivity (Wildman–Crippen MR) is 117 cm³/mol. The first-order valence-electron chi connectivity index (χ1n) is 10.0. The van der Waals surface area contributed by atoms with Crippen molar-refractivity contribution >= 4 is 22.6 Å². The fourth-order valence-electron chi connectivity index (χ4n) is 3.40. The van der Waals surface area contributed by atoms with E-state index in [0.29, 0.717) is 17.9 Å². The van der Waals surface area contributed by atoms with Gasteiger partial charge in [0.2, 0.25) is 0 Å². The number of anilines is 1. The van der Waals surface area contributed by atoms with Crippen LogP contribution in [0.1, 0.15) is 25.0 Å². The van der Waals surface area contributed by atoms with Crippen LogP contribution < -0.4 is 10.1 Å². The Morgan fingerprint density at radius 1 is 1.00 bits per heavy atom. The van der Waals surface area contributed by atoms with Crippen LogP contribution in [0, 0.1) is 5.92 Å². The van der Waals surface area contributed by atoms with Gasteiger partial charge in [-0.2, -0.15) is 0 Å². The van der Waals surface area contributed by atoms with Gasteiger partial charge in [0.25, 0.3) is 0 Å². The molecule has 0 saturated carbocycles. The third kappa shape index (κ3) is 5.49. The molecule has 0 radical (unpaired) electrons. The lowest BCUT2D eigenvalue weighted by Gasteiger charge is -2.25. The zero-order chi connectivity index (χ0) is 21.3.